The van der Waals surface area contributed by atoms with Gasteiger partial charge in [0.15, 0.2) is 0 Å². The molecule has 0 bridgehead atoms. The molecule has 0 aliphatic carbocycles. The fourth-order valence-electron chi connectivity index (χ4n) is 4.93. The summed E-state index contributed by atoms with van der Waals surface area (Å²) in [5, 5.41) is 6.61. The highest BCUT2D eigenvalue weighted by molar-refractivity contribution is 6.32. The van der Waals surface area contributed by atoms with Crippen molar-refractivity contribution >= 4 is 37.0 Å². The van der Waals surface area contributed by atoms with Gasteiger partial charge in [-0.15, -0.1) is 0 Å². The number of hydrogen-bond acceptors (Lipinski definition) is 1. The summed E-state index contributed by atoms with van der Waals surface area (Å²) in [5.74, 6) is 0. The largest absolute Gasteiger partial charge is 0.393 e. The van der Waals surface area contributed by atoms with Crippen LogP contribution in [0.3, 0.4) is 0 Å². The van der Waals surface area contributed by atoms with Gasteiger partial charge in [0, 0.05) is 5.54 Å². The Morgan fingerprint density at radius 1 is 0.625 bits per heavy atom. The van der Waals surface area contributed by atoms with E-state index in [2.05, 4.69) is 103 Å². The summed E-state index contributed by atoms with van der Waals surface area (Å²) >= 11 is 0.168. The van der Waals surface area contributed by atoms with Crippen LogP contribution in [0.2, 0.25) is 5.28 Å². The molecule has 0 unspecified atom stereocenters. The third kappa shape index (κ3) is 5.10. The second-order valence-electron chi connectivity index (χ2n) is 9.08. The van der Waals surface area contributed by atoms with E-state index >= 15 is 0 Å². The molecule has 0 saturated heterocycles. The molecule has 0 aliphatic rings. The Kier molecular flexibility index (Phi) is 8.04. The molecule has 0 atom stereocenters. The van der Waals surface area contributed by atoms with Gasteiger partial charge in [-0.25, -0.2) is 0 Å². The Morgan fingerprint density at radius 3 is 1.72 bits per heavy atom. The zero-order valence-electron chi connectivity index (χ0n) is 19.6. The van der Waals surface area contributed by atoms with E-state index < -0.39 is 0 Å². The summed E-state index contributed by atoms with van der Waals surface area (Å²) in [6.45, 7) is 4.68. The zero-order valence-corrected chi connectivity index (χ0v) is 20.8. The highest BCUT2D eigenvalue weighted by Gasteiger charge is 2.30. The van der Waals surface area contributed by atoms with Gasteiger partial charge in [0.05, 0.1) is 0 Å². The van der Waals surface area contributed by atoms with Crippen molar-refractivity contribution in [3.05, 3.63) is 96.1 Å². The highest BCUT2D eigenvalue weighted by Crippen LogP contribution is 2.37. The smallest absolute Gasteiger partial charge is 0.320 e. The molecule has 1 nitrogen and oxygen atoms in total. The van der Waals surface area contributed by atoms with Crippen LogP contribution in [-0.4, -0.2) is 15.4 Å². The molecule has 4 aromatic rings. The minimum absolute atomic E-state index is 0.168. The molecule has 2 heteroatoms. The maximum Gasteiger partial charge on any atom is 0.320 e. The number of rotatable bonds is 11. The maximum atomic E-state index is 4.10. The molecule has 0 saturated carbocycles. The molecule has 0 heterocycles. The number of benzene rings is 4. The monoisotopic (exact) mass is 436 g/mol. The average Bonchev–Trinajstić information content (AvgIpc) is 2.85. The zero-order chi connectivity index (χ0) is 22.2. The van der Waals surface area contributed by atoms with Gasteiger partial charge in [0.25, 0.3) is 0 Å². The van der Waals surface area contributed by atoms with Crippen LogP contribution in [0.4, 0.5) is 0 Å². The van der Waals surface area contributed by atoms with Crippen molar-refractivity contribution in [2.75, 3.05) is 0 Å². The van der Waals surface area contributed by atoms with Crippen molar-refractivity contribution in [3.8, 4) is 0 Å². The van der Waals surface area contributed by atoms with Gasteiger partial charge in [0.2, 0.25) is 0 Å². The van der Waals surface area contributed by atoms with E-state index in [1.165, 1.54) is 76.5 Å². The quantitative estimate of drug-likeness (QED) is 0.184. The van der Waals surface area contributed by atoms with Gasteiger partial charge < -0.3 is 4.30 Å². The molecule has 32 heavy (non-hydrogen) atoms. The molecule has 0 spiro atoms. The Bertz CT molecular complexity index is 1060. The second-order valence-corrected chi connectivity index (χ2v) is 10.4. The number of hydrogen-bond donors (Lipinski definition) is 1. The molecule has 0 amide bonds. The molecule has 0 fully saturated rings. The van der Waals surface area contributed by atoms with Crippen molar-refractivity contribution in [1.82, 2.24) is 4.30 Å². The summed E-state index contributed by atoms with van der Waals surface area (Å²) in [6.07, 6.45) is 8.19. The van der Waals surface area contributed by atoms with Gasteiger partial charge in [0.1, 0.15) is 0 Å². The van der Waals surface area contributed by atoms with Crippen LogP contribution in [0, 0.1) is 0 Å². The predicted molar refractivity (Wildman–Crippen MR) is 141 cm³/mol. The van der Waals surface area contributed by atoms with E-state index in [1.54, 1.807) is 0 Å². The van der Waals surface area contributed by atoms with Crippen molar-refractivity contribution in [2.45, 2.75) is 63.2 Å². The fraction of sp³-hybridized carbons (Fsp3) is 0.333. The van der Waals surface area contributed by atoms with Crippen molar-refractivity contribution in [2.24, 2.45) is 0 Å². The van der Waals surface area contributed by atoms with E-state index in [0.29, 0.717) is 0 Å². The molecule has 0 aromatic heterocycles. The lowest BCUT2D eigenvalue weighted by Crippen LogP contribution is -2.43. The topological polar surface area (TPSA) is 12.0 Å². The molecule has 0 aliphatic heterocycles. The number of fused-ring (bicyclic) bond motifs is 2. The molecule has 163 valence electrons. The number of unbranched alkanes of at least 4 members (excludes halogenated alkanes) is 5. The first kappa shape index (κ1) is 23.1. The standard InChI is InChI=1S/C22H18N.C8H17.Al/c1-22(23,20-14-6-10-16-8-2-4-12-18(16)20)21-15-7-11-17-9-3-5-13-19(17)21;1-3-5-7-8-6-4-2;/h2-15,23H,1H3;1,3-8H2,2H3;/q-1;;+1. The SMILES string of the molecule is CCCCCCC[CH2][Al][NH]C(C)(c1cccc2ccccc12)c1cccc2ccccc12. The molecular formula is C30H35AlN. The van der Waals surface area contributed by atoms with Crippen LogP contribution in [0.5, 0.6) is 0 Å². The summed E-state index contributed by atoms with van der Waals surface area (Å²) in [6, 6.07) is 31.1. The van der Waals surface area contributed by atoms with Gasteiger partial charge in [-0.1, -0.05) is 136 Å². The van der Waals surface area contributed by atoms with Crippen molar-refractivity contribution in [3.63, 3.8) is 0 Å². The van der Waals surface area contributed by atoms with E-state index in [0.717, 1.165) is 0 Å². The summed E-state index contributed by atoms with van der Waals surface area (Å²) in [4.78, 5) is 0. The predicted octanol–water partition coefficient (Wildman–Crippen LogP) is 8.24. The molecule has 4 aromatic carbocycles. The Balaban J connectivity index is 1.66. The average molecular weight is 437 g/mol. The highest BCUT2D eigenvalue weighted by atomic mass is 27.1. The van der Waals surface area contributed by atoms with Gasteiger partial charge >= 0.3 is 15.4 Å². The van der Waals surface area contributed by atoms with Crippen LogP contribution in [-0.2, 0) is 5.54 Å². The van der Waals surface area contributed by atoms with Crippen LogP contribution in [0.15, 0.2) is 84.9 Å². The van der Waals surface area contributed by atoms with E-state index in [1.807, 2.05) is 0 Å². The molecule has 1 N–H and O–H groups in total. The normalized spacial score (nSPS) is 11.8. The van der Waals surface area contributed by atoms with E-state index in [9.17, 15) is 0 Å². The van der Waals surface area contributed by atoms with Gasteiger partial charge in [-0.3, -0.25) is 0 Å². The second kappa shape index (κ2) is 11.2. The third-order valence-electron chi connectivity index (χ3n) is 6.75. The Hall–Kier alpha value is -2.11. The van der Waals surface area contributed by atoms with Crippen LogP contribution >= 0.6 is 0 Å². The molecular weight excluding hydrogens is 401 g/mol. The summed E-state index contributed by atoms with van der Waals surface area (Å²) in [5.41, 5.74) is 2.53. The number of nitrogens with one attached hydrogen (secondary N) is 1. The van der Waals surface area contributed by atoms with Crippen molar-refractivity contribution in [1.29, 1.82) is 0 Å². The van der Waals surface area contributed by atoms with Crippen molar-refractivity contribution < 1.29 is 0 Å². The summed E-state index contributed by atoms with van der Waals surface area (Å²) in [7, 11) is 0. The minimum Gasteiger partial charge on any atom is -0.393 e. The first-order valence-electron chi connectivity index (χ1n) is 12.3. The first-order valence-corrected chi connectivity index (χ1v) is 13.7. The molecule has 4 rings (SSSR count). The van der Waals surface area contributed by atoms with Crippen LogP contribution in [0.25, 0.3) is 21.5 Å². The third-order valence-corrected chi connectivity index (χ3v) is 8.23. The Morgan fingerprint density at radius 2 is 1.12 bits per heavy atom. The lowest BCUT2D eigenvalue weighted by Gasteiger charge is -2.35. The van der Waals surface area contributed by atoms with Crippen LogP contribution in [0.1, 0.15) is 63.5 Å². The Labute approximate surface area is 200 Å². The lowest BCUT2D eigenvalue weighted by molar-refractivity contribution is 0.548. The lowest BCUT2D eigenvalue weighted by atomic mass is 9.80. The minimum atomic E-state index is -0.223. The van der Waals surface area contributed by atoms with E-state index in [4.69, 9.17) is 0 Å². The summed E-state index contributed by atoms with van der Waals surface area (Å²) < 4.78 is 4.10. The van der Waals surface area contributed by atoms with Crippen LogP contribution < -0.4 is 4.30 Å². The maximum absolute atomic E-state index is 4.10. The van der Waals surface area contributed by atoms with Gasteiger partial charge in [-0.05, 0) is 39.6 Å². The van der Waals surface area contributed by atoms with Gasteiger partial charge in [-0.2, -0.15) is 0 Å². The fourth-order valence-corrected chi connectivity index (χ4v) is 6.28. The first-order chi connectivity index (χ1) is 15.7. The molecule has 1 radical (unpaired) electrons. The van der Waals surface area contributed by atoms with E-state index in [-0.39, 0.29) is 21.0 Å².